The Morgan fingerprint density at radius 2 is 2.00 bits per heavy atom. The summed E-state index contributed by atoms with van der Waals surface area (Å²) in [5, 5.41) is -0.225. The van der Waals surface area contributed by atoms with Crippen LogP contribution in [0.2, 0.25) is 0 Å². The number of hydrogen-bond acceptors (Lipinski definition) is 4. The van der Waals surface area contributed by atoms with Gasteiger partial charge >= 0.3 is 0 Å². The summed E-state index contributed by atoms with van der Waals surface area (Å²) in [4.78, 5) is 14.6. The molecule has 4 nitrogen and oxygen atoms in total. The maximum Gasteiger partial charge on any atom is 0.235 e. The molecule has 3 rings (SSSR count). The Labute approximate surface area is 120 Å². The van der Waals surface area contributed by atoms with E-state index in [2.05, 4.69) is 20.9 Å². The highest BCUT2D eigenvalue weighted by atomic mass is 79.9. The molecule has 0 saturated heterocycles. The van der Waals surface area contributed by atoms with E-state index < -0.39 is 15.4 Å². The van der Waals surface area contributed by atoms with Crippen LogP contribution in [-0.2, 0) is 20.2 Å². The van der Waals surface area contributed by atoms with Crippen molar-refractivity contribution >= 4 is 31.8 Å². The fourth-order valence-electron chi connectivity index (χ4n) is 2.25. The van der Waals surface area contributed by atoms with Crippen LogP contribution in [0.15, 0.2) is 32.6 Å². The number of aliphatic imine (C=N–C) groups is 1. The number of carbonyl (C=O) groups excluding carboxylic acids is 1. The van der Waals surface area contributed by atoms with Crippen molar-refractivity contribution in [1.82, 2.24) is 0 Å². The summed E-state index contributed by atoms with van der Waals surface area (Å²) < 4.78 is 25.0. The van der Waals surface area contributed by atoms with Crippen LogP contribution in [0.5, 0.6) is 0 Å². The first-order valence-electron chi connectivity index (χ1n) is 6.13. The number of hydrogen-bond donors (Lipinski definition) is 0. The second kappa shape index (κ2) is 4.27. The Hall–Kier alpha value is -0.970. The molecule has 0 spiro atoms. The monoisotopic (exact) mass is 341 g/mol. The maximum atomic E-state index is 12.2. The Morgan fingerprint density at radius 1 is 1.32 bits per heavy atom. The highest BCUT2D eigenvalue weighted by Crippen LogP contribution is 2.50. The molecule has 6 heteroatoms. The van der Waals surface area contributed by atoms with E-state index in [0.29, 0.717) is 9.37 Å². The lowest BCUT2D eigenvalue weighted by Crippen LogP contribution is -2.09. The lowest BCUT2D eigenvalue weighted by atomic mass is 10.1. The van der Waals surface area contributed by atoms with Gasteiger partial charge in [-0.05, 0) is 59.3 Å². The molecule has 1 aromatic rings. The van der Waals surface area contributed by atoms with Gasteiger partial charge in [0.05, 0.1) is 15.7 Å². The van der Waals surface area contributed by atoms with Crippen LogP contribution >= 0.6 is 15.9 Å². The predicted molar refractivity (Wildman–Crippen MR) is 73.4 cm³/mol. The molecular weight excluding hydrogens is 330 g/mol. The molecule has 2 saturated carbocycles. The topological polar surface area (TPSA) is 63.6 Å². The highest BCUT2D eigenvalue weighted by Gasteiger charge is 2.45. The molecule has 0 atom stereocenters. The van der Waals surface area contributed by atoms with Crippen LogP contribution in [0.3, 0.4) is 0 Å². The number of nitrogens with zero attached hydrogens (tertiary/aromatic N) is 1. The zero-order chi connectivity index (χ0) is 13.7. The lowest BCUT2D eigenvalue weighted by Gasteiger charge is -2.11. The van der Waals surface area contributed by atoms with Gasteiger partial charge in [-0.25, -0.2) is 13.2 Å². The first-order valence-corrected chi connectivity index (χ1v) is 8.46. The second-order valence-electron chi connectivity index (χ2n) is 5.12. The van der Waals surface area contributed by atoms with Gasteiger partial charge in [-0.3, -0.25) is 0 Å². The Balaban J connectivity index is 2.01. The lowest BCUT2D eigenvalue weighted by molar-refractivity contribution is 0.556. The van der Waals surface area contributed by atoms with Crippen LogP contribution in [0.25, 0.3) is 0 Å². The van der Waals surface area contributed by atoms with Gasteiger partial charge in [0.1, 0.15) is 0 Å². The molecule has 0 bridgehead atoms. The molecule has 19 heavy (non-hydrogen) atoms. The van der Waals surface area contributed by atoms with E-state index in [1.165, 1.54) is 0 Å². The molecule has 0 aliphatic heterocycles. The van der Waals surface area contributed by atoms with Crippen molar-refractivity contribution < 1.29 is 13.2 Å². The number of benzene rings is 1. The van der Waals surface area contributed by atoms with E-state index in [4.69, 9.17) is 0 Å². The summed E-state index contributed by atoms with van der Waals surface area (Å²) in [6.07, 6.45) is 4.71. The first-order chi connectivity index (χ1) is 8.99. The molecule has 0 unspecified atom stereocenters. The summed E-state index contributed by atoms with van der Waals surface area (Å²) >= 11 is 3.33. The molecule has 1 aromatic carbocycles. The Bertz CT molecular complexity index is 684. The molecule has 2 aliphatic rings. The van der Waals surface area contributed by atoms with Gasteiger partial charge in [0.25, 0.3) is 0 Å². The summed E-state index contributed by atoms with van der Waals surface area (Å²) in [6.45, 7) is 0. The minimum Gasteiger partial charge on any atom is -0.223 e. The minimum absolute atomic E-state index is 0.225. The molecule has 2 fully saturated rings. The number of rotatable bonds is 4. The van der Waals surface area contributed by atoms with E-state index in [-0.39, 0.29) is 5.25 Å². The highest BCUT2D eigenvalue weighted by molar-refractivity contribution is 9.10. The molecule has 0 radical (unpaired) electrons. The average Bonchev–Trinajstić information content (AvgIpc) is 3.23. The van der Waals surface area contributed by atoms with E-state index in [9.17, 15) is 13.2 Å². The van der Waals surface area contributed by atoms with Crippen molar-refractivity contribution in [1.29, 1.82) is 0 Å². The quantitative estimate of drug-likeness (QED) is 0.624. The van der Waals surface area contributed by atoms with Gasteiger partial charge in [0.2, 0.25) is 6.08 Å². The molecule has 0 N–H and O–H groups in total. The predicted octanol–water partition coefficient (Wildman–Crippen LogP) is 2.71. The zero-order valence-electron chi connectivity index (χ0n) is 10.1. The van der Waals surface area contributed by atoms with Gasteiger partial charge in [-0.15, -0.1) is 0 Å². The third kappa shape index (κ3) is 2.18. The van der Waals surface area contributed by atoms with E-state index >= 15 is 0 Å². The smallest absolute Gasteiger partial charge is 0.223 e. The van der Waals surface area contributed by atoms with Crippen LogP contribution < -0.4 is 0 Å². The molecule has 100 valence electrons. The van der Waals surface area contributed by atoms with Gasteiger partial charge in [0, 0.05) is 4.47 Å². The summed E-state index contributed by atoms with van der Waals surface area (Å²) in [7, 11) is -3.21. The van der Waals surface area contributed by atoms with E-state index in [1.54, 1.807) is 24.3 Å². The van der Waals surface area contributed by atoms with Crippen LogP contribution in [0, 0.1) is 0 Å². The van der Waals surface area contributed by atoms with Crippen molar-refractivity contribution in [3.05, 3.63) is 28.2 Å². The zero-order valence-corrected chi connectivity index (χ0v) is 12.5. The molecular formula is C13H12BrNO3S. The first kappa shape index (κ1) is 13.0. The van der Waals surface area contributed by atoms with Gasteiger partial charge in [-0.1, -0.05) is 6.07 Å². The molecule has 0 heterocycles. The number of isocyanates is 1. The van der Waals surface area contributed by atoms with Crippen molar-refractivity contribution in [2.24, 2.45) is 4.99 Å². The molecule has 0 aromatic heterocycles. The standard InChI is InChI=1S/C13H12BrNO3S/c14-11-7-9(13(5-6-13)15-8-16)1-4-12(11)19(17,18)10-2-3-10/h1,4,7,10H,2-3,5-6H2. The van der Waals surface area contributed by atoms with Crippen LogP contribution in [0.1, 0.15) is 31.2 Å². The number of halogens is 1. The van der Waals surface area contributed by atoms with Crippen molar-refractivity contribution in [2.75, 3.05) is 0 Å². The normalized spacial score (nSPS) is 20.7. The van der Waals surface area contributed by atoms with Crippen LogP contribution in [0.4, 0.5) is 0 Å². The minimum atomic E-state index is -3.21. The average molecular weight is 342 g/mol. The van der Waals surface area contributed by atoms with Crippen molar-refractivity contribution in [3.63, 3.8) is 0 Å². The number of sulfone groups is 1. The second-order valence-corrected chi connectivity index (χ2v) is 8.18. The Kier molecular flexibility index (Phi) is 2.93. The van der Waals surface area contributed by atoms with Gasteiger partial charge in [-0.2, -0.15) is 4.99 Å². The Morgan fingerprint density at radius 3 is 2.47 bits per heavy atom. The largest absolute Gasteiger partial charge is 0.235 e. The molecule has 2 aliphatic carbocycles. The summed E-state index contributed by atoms with van der Waals surface area (Å²) in [6, 6.07) is 5.14. The fourth-order valence-corrected chi connectivity index (χ4v) is 5.01. The van der Waals surface area contributed by atoms with E-state index in [0.717, 1.165) is 31.2 Å². The molecule has 0 amide bonds. The third-order valence-corrected chi connectivity index (χ3v) is 6.96. The van der Waals surface area contributed by atoms with E-state index in [1.807, 2.05) is 0 Å². The van der Waals surface area contributed by atoms with Gasteiger partial charge in [0.15, 0.2) is 9.84 Å². The SMILES string of the molecule is O=C=NC1(c2ccc(S(=O)(=O)C3CC3)c(Br)c2)CC1. The summed E-state index contributed by atoms with van der Waals surface area (Å²) in [5.74, 6) is 0. The van der Waals surface area contributed by atoms with Gasteiger partial charge < -0.3 is 0 Å². The van der Waals surface area contributed by atoms with Crippen molar-refractivity contribution in [2.45, 2.75) is 41.4 Å². The summed E-state index contributed by atoms with van der Waals surface area (Å²) in [5.41, 5.74) is 0.407. The fraction of sp³-hybridized carbons (Fsp3) is 0.462. The third-order valence-electron chi connectivity index (χ3n) is 3.72. The van der Waals surface area contributed by atoms with Crippen LogP contribution in [-0.4, -0.2) is 19.7 Å². The maximum absolute atomic E-state index is 12.2. The van der Waals surface area contributed by atoms with Crippen molar-refractivity contribution in [3.8, 4) is 0 Å².